The summed E-state index contributed by atoms with van der Waals surface area (Å²) >= 11 is 0. The first-order valence-corrected chi connectivity index (χ1v) is 7.62. The van der Waals surface area contributed by atoms with Gasteiger partial charge in [-0.1, -0.05) is 6.92 Å². The molecule has 0 amide bonds. The molecule has 0 bridgehead atoms. The third-order valence-corrected chi connectivity index (χ3v) is 4.40. The molecule has 1 aliphatic heterocycles. The normalized spacial score (nSPS) is 21.7. The Morgan fingerprint density at radius 2 is 2.22 bits per heavy atom. The van der Waals surface area contributed by atoms with E-state index in [2.05, 4.69) is 21.5 Å². The number of piperidine rings is 1. The fourth-order valence-corrected chi connectivity index (χ4v) is 3.15. The van der Waals surface area contributed by atoms with Gasteiger partial charge in [-0.25, -0.2) is 0 Å². The summed E-state index contributed by atoms with van der Waals surface area (Å²) in [5.41, 5.74) is 1.63. The molecule has 6 heteroatoms. The van der Waals surface area contributed by atoms with Gasteiger partial charge >= 0.3 is 6.61 Å². The number of hydrogen-bond donors (Lipinski definition) is 0. The SMILES string of the molecule is CC1CN(c2ccnc3cc(OC(F)F)ccc23)CCC1C=O. The van der Waals surface area contributed by atoms with Crippen LogP contribution in [-0.2, 0) is 4.79 Å². The molecular formula is C17H18F2N2O2. The number of anilines is 1. The van der Waals surface area contributed by atoms with Crippen LogP contribution in [0.4, 0.5) is 14.5 Å². The first kappa shape index (κ1) is 15.6. The average molecular weight is 320 g/mol. The van der Waals surface area contributed by atoms with E-state index in [0.717, 1.165) is 36.9 Å². The summed E-state index contributed by atoms with van der Waals surface area (Å²) in [5, 5.41) is 0.894. The molecule has 2 aromatic rings. The molecule has 2 heterocycles. The van der Waals surface area contributed by atoms with Gasteiger partial charge in [-0.2, -0.15) is 8.78 Å². The number of aromatic nitrogens is 1. The van der Waals surface area contributed by atoms with Crippen molar-refractivity contribution in [2.45, 2.75) is 20.0 Å². The molecule has 0 spiro atoms. The van der Waals surface area contributed by atoms with E-state index in [9.17, 15) is 13.6 Å². The van der Waals surface area contributed by atoms with Crippen LogP contribution in [0.2, 0.25) is 0 Å². The highest BCUT2D eigenvalue weighted by atomic mass is 19.3. The Morgan fingerprint density at radius 3 is 2.91 bits per heavy atom. The van der Waals surface area contributed by atoms with Crippen LogP contribution in [0.5, 0.6) is 5.75 Å². The van der Waals surface area contributed by atoms with E-state index in [-0.39, 0.29) is 17.6 Å². The lowest BCUT2D eigenvalue weighted by atomic mass is 9.88. The molecule has 4 nitrogen and oxygen atoms in total. The number of carbonyl (C=O) groups excluding carboxylic acids is 1. The van der Waals surface area contributed by atoms with Crippen molar-refractivity contribution < 1.29 is 18.3 Å². The van der Waals surface area contributed by atoms with Crippen molar-refractivity contribution in [1.29, 1.82) is 0 Å². The minimum Gasteiger partial charge on any atom is -0.435 e. The number of hydrogen-bond acceptors (Lipinski definition) is 4. The van der Waals surface area contributed by atoms with Crippen molar-refractivity contribution in [3.63, 3.8) is 0 Å². The van der Waals surface area contributed by atoms with Gasteiger partial charge < -0.3 is 14.4 Å². The van der Waals surface area contributed by atoms with Gasteiger partial charge in [-0.3, -0.25) is 4.98 Å². The van der Waals surface area contributed by atoms with Gasteiger partial charge in [0.1, 0.15) is 12.0 Å². The molecule has 0 radical (unpaired) electrons. The van der Waals surface area contributed by atoms with E-state index < -0.39 is 6.61 Å². The first-order valence-electron chi connectivity index (χ1n) is 7.62. The Hall–Kier alpha value is -2.24. The molecule has 1 aliphatic rings. The van der Waals surface area contributed by atoms with Gasteiger partial charge in [0.05, 0.1) is 5.52 Å². The van der Waals surface area contributed by atoms with Crippen LogP contribution >= 0.6 is 0 Å². The first-order chi connectivity index (χ1) is 11.1. The number of nitrogens with zero attached hydrogens (tertiary/aromatic N) is 2. The lowest BCUT2D eigenvalue weighted by Crippen LogP contribution is -2.40. The highest BCUT2D eigenvalue weighted by Crippen LogP contribution is 2.32. The van der Waals surface area contributed by atoms with Crippen LogP contribution in [0.15, 0.2) is 30.5 Å². The van der Waals surface area contributed by atoms with Gasteiger partial charge in [-0.15, -0.1) is 0 Å². The fourth-order valence-electron chi connectivity index (χ4n) is 3.15. The van der Waals surface area contributed by atoms with Gasteiger partial charge in [0.2, 0.25) is 0 Å². The van der Waals surface area contributed by atoms with E-state index in [4.69, 9.17) is 0 Å². The van der Waals surface area contributed by atoms with Crippen LogP contribution in [-0.4, -0.2) is 31.0 Å². The number of pyridine rings is 1. The minimum atomic E-state index is -2.85. The van der Waals surface area contributed by atoms with Gasteiger partial charge in [0.15, 0.2) is 0 Å². The Labute approximate surface area is 133 Å². The van der Waals surface area contributed by atoms with Gasteiger partial charge in [0, 0.05) is 42.3 Å². The summed E-state index contributed by atoms with van der Waals surface area (Å²) in [6.07, 6.45) is 3.53. The van der Waals surface area contributed by atoms with Crippen LogP contribution in [0, 0.1) is 11.8 Å². The van der Waals surface area contributed by atoms with E-state index in [1.54, 1.807) is 12.3 Å². The summed E-state index contributed by atoms with van der Waals surface area (Å²) in [4.78, 5) is 17.5. The van der Waals surface area contributed by atoms with Crippen LogP contribution in [0.25, 0.3) is 10.9 Å². The smallest absolute Gasteiger partial charge is 0.387 e. The Morgan fingerprint density at radius 1 is 1.39 bits per heavy atom. The average Bonchev–Trinajstić information content (AvgIpc) is 2.53. The Kier molecular flexibility index (Phi) is 4.41. The monoisotopic (exact) mass is 320 g/mol. The van der Waals surface area contributed by atoms with E-state index in [0.29, 0.717) is 5.52 Å². The zero-order valence-corrected chi connectivity index (χ0v) is 12.8. The molecule has 1 saturated heterocycles. The van der Waals surface area contributed by atoms with E-state index in [1.807, 2.05) is 6.07 Å². The second-order valence-corrected chi connectivity index (χ2v) is 5.90. The van der Waals surface area contributed by atoms with Crippen molar-refractivity contribution in [3.8, 4) is 5.75 Å². The number of ether oxygens (including phenoxy) is 1. The second kappa shape index (κ2) is 6.48. The predicted molar refractivity (Wildman–Crippen MR) is 83.9 cm³/mol. The second-order valence-electron chi connectivity index (χ2n) is 5.90. The molecule has 1 aromatic heterocycles. The van der Waals surface area contributed by atoms with Crippen LogP contribution in [0.3, 0.4) is 0 Å². The van der Waals surface area contributed by atoms with Crippen LogP contribution < -0.4 is 9.64 Å². The molecule has 122 valence electrons. The number of alkyl halides is 2. The lowest BCUT2D eigenvalue weighted by molar-refractivity contribution is -0.112. The third-order valence-electron chi connectivity index (χ3n) is 4.40. The summed E-state index contributed by atoms with van der Waals surface area (Å²) in [5.74, 6) is 0.487. The number of halogens is 2. The molecular weight excluding hydrogens is 302 g/mol. The molecule has 3 rings (SSSR count). The summed E-state index contributed by atoms with van der Waals surface area (Å²) in [6.45, 7) is 0.808. The number of benzene rings is 1. The van der Waals surface area contributed by atoms with Crippen molar-refractivity contribution in [2.24, 2.45) is 11.8 Å². The van der Waals surface area contributed by atoms with Crippen molar-refractivity contribution >= 4 is 22.9 Å². The molecule has 2 atom stereocenters. The molecule has 1 fully saturated rings. The van der Waals surface area contributed by atoms with Crippen molar-refractivity contribution in [3.05, 3.63) is 30.5 Å². The van der Waals surface area contributed by atoms with E-state index in [1.165, 1.54) is 12.1 Å². The number of aldehydes is 1. The summed E-state index contributed by atoms with van der Waals surface area (Å²) < 4.78 is 29.1. The summed E-state index contributed by atoms with van der Waals surface area (Å²) in [6, 6.07) is 6.73. The van der Waals surface area contributed by atoms with E-state index >= 15 is 0 Å². The Bertz CT molecular complexity index is 708. The maximum absolute atomic E-state index is 12.3. The van der Waals surface area contributed by atoms with Gasteiger partial charge in [0.25, 0.3) is 0 Å². The quantitative estimate of drug-likeness (QED) is 0.809. The molecule has 2 unspecified atom stereocenters. The fraction of sp³-hybridized carbons (Fsp3) is 0.412. The standard InChI is InChI=1S/C17H18F2N2O2/c1-11-9-21(7-5-12(11)10-22)16-4-6-20-15-8-13(23-17(18)19)2-3-14(15)16/h2-4,6,8,10-12,17H,5,7,9H2,1H3. The van der Waals surface area contributed by atoms with Crippen molar-refractivity contribution in [1.82, 2.24) is 4.98 Å². The lowest BCUT2D eigenvalue weighted by Gasteiger charge is -2.36. The maximum Gasteiger partial charge on any atom is 0.387 e. The Balaban J connectivity index is 1.91. The molecule has 0 aliphatic carbocycles. The number of carbonyl (C=O) groups is 1. The molecule has 0 saturated carbocycles. The largest absolute Gasteiger partial charge is 0.435 e. The van der Waals surface area contributed by atoms with Gasteiger partial charge in [-0.05, 0) is 30.5 Å². The summed E-state index contributed by atoms with van der Waals surface area (Å²) in [7, 11) is 0. The highest BCUT2D eigenvalue weighted by Gasteiger charge is 2.26. The van der Waals surface area contributed by atoms with Crippen molar-refractivity contribution in [2.75, 3.05) is 18.0 Å². The molecule has 1 aromatic carbocycles. The minimum absolute atomic E-state index is 0.102. The zero-order valence-electron chi connectivity index (χ0n) is 12.8. The topological polar surface area (TPSA) is 42.4 Å². The maximum atomic E-state index is 12.3. The number of rotatable bonds is 4. The predicted octanol–water partition coefficient (Wildman–Crippen LogP) is 3.50. The number of fused-ring (bicyclic) bond motifs is 1. The third kappa shape index (κ3) is 3.25. The molecule has 0 N–H and O–H groups in total. The van der Waals surface area contributed by atoms with Crippen LogP contribution in [0.1, 0.15) is 13.3 Å². The highest BCUT2D eigenvalue weighted by molar-refractivity contribution is 5.92. The zero-order chi connectivity index (χ0) is 16.4. The molecule has 23 heavy (non-hydrogen) atoms.